The van der Waals surface area contributed by atoms with Crippen molar-refractivity contribution in [3.8, 4) is 17.7 Å². The van der Waals surface area contributed by atoms with E-state index in [1.165, 1.54) is 0 Å². The van der Waals surface area contributed by atoms with Gasteiger partial charge in [-0.25, -0.2) is 4.98 Å². The Balaban J connectivity index is 0.000000454. The van der Waals surface area contributed by atoms with Gasteiger partial charge in [-0.1, -0.05) is 11.6 Å². The summed E-state index contributed by atoms with van der Waals surface area (Å²) in [5, 5.41) is 11.9. The van der Waals surface area contributed by atoms with Crippen molar-refractivity contribution in [1.29, 1.82) is 5.26 Å². The number of imide groups is 1. The third kappa shape index (κ3) is 12.9. The number of nitriles is 1. The number of nitrogens with zero attached hydrogens (tertiary/aromatic N) is 5. The van der Waals surface area contributed by atoms with E-state index >= 15 is 0 Å². The summed E-state index contributed by atoms with van der Waals surface area (Å²) in [7, 11) is 3.67. The first-order valence-corrected chi connectivity index (χ1v) is 17.6. The van der Waals surface area contributed by atoms with E-state index in [-0.39, 0.29) is 30.3 Å². The van der Waals surface area contributed by atoms with Crippen molar-refractivity contribution in [3.05, 3.63) is 76.4 Å². The van der Waals surface area contributed by atoms with Crippen LogP contribution in [0, 0.1) is 11.3 Å². The van der Waals surface area contributed by atoms with Crippen LogP contribution in [-0.2, 0) is 14.4 Å². The number of pyridine rings is 1. The first-order valence-electron chi connectivity index (χ1n) is 17.2. The summed E-state index contributed by atoms with van der Waals surface area (Å²) in [6, 6.07) is 16.7. The molecule has 2 fully saturated rings. The Hall–Kier alpha value is -5.52. The zero-order chi connectivity index (χ0) is 38.8. The Morgan fingerprint density at radius 3 is 2.26 bits per heavy atom. The molecule has 0 aliphatic carbocycles. The van der Waals surface area contributed by atoms with Crippen LogP contribution in [0.15, 0.2) is 54.7 Å². The van der Waals surface area contributed by atoms with Crippen molar-refractivity contribution in [2.45, 2.75) is 51.1 Å². The first kappa shape index (κ1) is 41.9. The number of amides is 3. The van der Waals surface area contributed by atoms with Gasteiger partial charge in [0.15, 0.2) is 12.6 Å². The Bertz CT molecular complexity index is 1730. The van der Waals surface area contributed by atoms with Crippen LogP contribution in [0.2, 0.25) is 5.02 Å². The Labute approximate surface area is 314 Å². The minimum absolute atomic E-state index is 0.132. The van der Waals surface area contributed by atoms with Crippen LogP contribution in [0.3, 0.4) is 0 Å². The number of likely N-dealkylation sites (N-methyl/N-ethyl adjacent to an activating group) is 1. The lowest BCUT2D eigenvalue weighted by Crippen LogP contribution is -2.52. The van der Waals surface area contributed by atoms with Gasteiger partial charge in [-0.3, -0.25) is 34.2 Å². The number of rotatable bonds is 13. The van der Waals surface area contributed by atoms with E-state index < -0.39 is 0 Å². The van der Waals surface area contributed by atoms with Gasteiger partial charge in [-0.05, 0) is 89.2 Å². The lowest BCUT2D eigenvalue weighted by Gasteiger charge is -2.42. The van der Waals surface area contributed by atoms with E-state index in [9.17, 15) is 19.2 Å². The average Bonchev–Trinajstić information content (AvgIpc) is 3.15. The number of hydrogen-bond donors (Lipinski definition) is 2. The van der Waals surface area contributed by atoms with E-state index in [4.69, 9.17) is 31.1 Å². The van der Waals surface area contributed by atoms with E-state index in [0.29, 0.717) is 72.0 Å². The van der Waals surface area contributed by atoms with Crippen molar-refractivity contribution in [1.82, 2.24) is 15.2 Å². The van der Waals surface area contributed by atoms with Gasteiger partial charge in [0.1, 0.15) is 11.8 Å². The highest BCUT2D eigenvalue weighted by Gasteiger charge is 2.28. The molecule has 14 nitrogen and oxygen atoms in total. The van der Waals surface area contributed by atoms with Gasteiger partial charge in [0.25, 0.3) is 0 Å². The standard InChI is InChI=1S/C30H31ClN4O4.C7H12N2O2.CH3NO/c1-22-19-34(11-12-35(22)26-7-5-23(17-32)29(31)16-26)27-8-10-30(33-18-27)39-14-4-2-3-13-38-28-9-6-24(20-36)25(15-28)21-37;1-9(2)5-3-4-6(10)8-7(5)11;2-1-3/h5-10,15-16,18,20-22H,2-4,11-14,19H2,1H3;5H,3-4H2,1-2H3,(H,8,10,11);1H,(H2,2,3). The van der Waals surface area contributed by atoms with Gasteiger partial charge in [-0.15, -0.1) is 0 Å². The number of ether oxygens (including phenoxy) is 2. The SMILES string of the molecule is CC1CN(c2ccc(OCCCCCOc3ccc(C=O)c(C=O)c3)nc2)CCN1c1ccc(C#N)c(Cl)c1.CN(C)C1CCC(=O)NC1=O.NC=O. The number of aromatic nitrogens is 1. The molecule has 2 saturated heterocycles. The lowest BCUT2D eigenvalue weighted by molar-refractivity contribution is -0.136. The topological polar surface area (TPSA) is 188 Å². The second-order valence-corrected chi connectivity index (χ2v) is 12.9. The predicted molar refractivity (Wildman–Crippen MR) is 202 cm³/mol. The molecule has 282 valence electrons. The van der Waals surface area contributed by atoms with Crippen LogP contribution in [0.4, 0.5) is 11.4 Å². The van der Waals surface area contributed by atoms with E-state index in [2.05, 4.69) is 38.8 Å². The fourth-order valence-corrected chi connectivity index (χ4v) is 5.99. The largest absolute Gasteiger partial charge is 0.494 e. The fraction of sp³-hybridized carbons (Fsp3) is 0.395. The number of piperidine rings is 1. The maximum Gasteiger partial charge on any atom is 0.243 e. The second kappa shape index (κ2) is 21.8. The number of halogens is 1. The highest BCUT2D eigenvalue weighted by atomic mass is 35.5. The molecule has 3 heterocycles. The molecule has 0 radical (unpaired) electrons. The molecule has 2 aromatic carbocycles. The molecule has 3 amide bonds. The van der Waals surface area contributed by atoms with Crippen LogP contribution < -0.4 is 30.3 Å². The normalized spacial score (nSPS) is 16.5. The Kier molecular flexibility index (Phi) is 17.2. The minimum Gasteiger partial charge on any atom is -0.494 e. The number of primary amides is 1. The highest BCUT2D eigenvalue weighted by molar-refractivity contribution is 6.32. The average molecular weight is 748 g/mol. The number of carbonyl (C=O) groups is 5. The zero-order valence-electron chi connectivity index (χ0n) is 30.2. The number of hydrogen-bond acceptors (Lipinski definition) is 12. The van der Waals surface area contributed by atoms with Crippen molar-refractivity contribution in [2.75, 3.05) is 56.7 Å². The molecule has 3 aromatic rings. The van der Waals surface area contributed by atoms with Crippen LogP contribution in [0.25, 0.3) is 0 Å². The summed E-state index contributed by atoms with van der Waals surface area (Å²) in [5.41, 5.74) is 7.43. The molecule has 3 N–H and O–H groups in total. The molecule has 2 unspecified atom stereocenters. The molecule has 0 spiro atoms. The van der Waals surface area contributed by atoms with Gasteiger partial charge in [0.2, 0.25) is 24.1 Å². The number of unbranched alkanes of at least 4 members (excludes halogenated alkanes) is 2. The zero-order valence-corrected chi connectivity index (χ0v) is 31.0. The lowest BCUT2D eigenvalue weighted by atomic mass is 10.1. The molecule has 2 aliphatic heterocycles. The molecule has 0 bridgehead atoms. The molecule has 53 heavy (non-hydrogen) atoms. The fourth-order valence-electron chi connectivity index (χ4n) is 5.77. The predicted octanol–water partition coefficient (Wildman–Crippen LogP) is 4.03. The monoisotopic (exact) mass is 747 g/mol. The summed E-state index contributed by atoms with van der Waals surface area (Å²) in [6.45, 7) is 5.81. The number of nitrogens with two attached hydrogens (primary N) is 1. The van der Waals surface area contributed by atoms with Crippen LogP contribution in [0.5, 0.6) is 11.6 Å². The summed E-state index contributed by atoms with van der Waals surface area (Å²) in [5.74, 6) is 0.850. The number of carbonyl (C=O) groups excluding carboxylic acids is 5. The molecule has 5 rings (SSSR count). The smallest absolute Gasteiger partial charge is 0.243 e. The molecule has 0 saturated carbocycles. The van der Waals surface area contributed by atoms with E-state index in [0.717, 1.165) is 50.3 Å². The van der Waals surface area contributed by atoms with Gasteiger partial charge in [-0.2, -0.15) is 5.26 Å². The summed E-state index contributed by atoms with van der Waals surface area (Å²) in [6.07, 6.45) is 7.16. The first-order chi connectivity index (χ1) is 25.5. The van der Waals surface area contributed by atoms with Crippen LogP contribution in [0.1, 0.15) is 65.3 Å². The summed E-state index contributed by atoms with van der Waals surface area (Å²) >= 11 is 6.24. The third-order valence-corrected chi connectivity index (χ3v) is 8.88. The maximum absolute atomic E-state index is 11.1. The number of benzene rings is 2. The van der Waals surface area contributed by atoms with E-state index in [1.807, 2.05) is 49.5 Å². The third-order valence-electron chi connectivity index (χ3n) is 8.57. The number of nitrogens with one attached hydrogen (secondary N) is 1. The van der Waals surface area contributed by atoms with Crippen molar-refractivity contribution >= 4 is 53.8 Å². The van der Waals surface area contributed by atoms with Crippen molar-refractivity contribution in [3.63, 3.8) is 0 Å². The number of piperazine rings is 1. The Morgan fingerprint density at radius 2 is 1.68 bits per heavy atom. The summed E-state index contributed by atoms with van der Waals surface area (Å²) < 4.78 is 11.5. The number of anilines is 2. The molecule has 15 heteroatoms. The minimum atomic E-state index is -0.175. The molecule has 2 aliphatic rings. The molecule has 1 aromatic heterocycles. The molecular formula is C38H46ClN7O7. The Morgan fingerprint density at radius 1 is 0.981 bits per heavy atom. The molecular weight excluding hydrogens is 702 g/mol. The van der Waals surface area contributed by atoms with Gasteiger partial charge >= 0.3 is 0 Å². The second-order valence-electron chi connectivity index (χ2n) is 12.5. The van der Waals surface area contributed by atoms with Crippen LogP contribution in [-0.4, -0.2) is 99.7 Å². The molecule has 2 atom stereocenters. The highest BCUT2D eigenvalue weighted by Crippen LogP contribution is 2.28. The number of aldehydes is 2. The van der Waals surface area contributed by atoms with E-state index in [1.54, 1.807) is 24.3 Å². The van der Waals surface area contributed by atoms with Crippen molar-refractivity contribution < 1.29 is 33.4 Å². The summed E-state index contributed by atoms with van der Waals surface area (Å²) in [4.78, 5) is 63.2. The van der Waals surface area contributed by atoms with Gasteiger partial charge in [0, 0.05) is 55.0 Å². The van der Waals surface area contributed by atoms with Crippen LogP contribution >= 0.6 is 11.6 Å². The quantitative estimate of drug-likeness (QED) is 0.145. The van der Waals surface area contributed by atoms with Gasteiger partial charge in [0.05, 0.1) is 41.7 Å². The van der Waals surface area contributed by atoms with Crippen molar-refractivity contribution in [2.24, 2.45) is 5.73 Å². The van der Waals surface area contributed by atoms with Gasteiger partial charge < -0.3 is 25.0 Å². The maximum atomic E-state index is 11.1.